The van der Waals surface area contributed by atoms with E-state index in [0.717, 1.165) is 12.1 Å². The smallest absolute Gasteiger partial charge is 0.744 e. The minimum Gasteiger partial charge on any atom is -0.744 e. The second-order valence-corrected chi connectivity index (χ2v) is 15.4. The molecule has 0 bridgehead atoms. The Balaban J connectivity index is 0.00000280. The number of rotatable bonds is 10. The summed E-state index contributed by atoms with van der Waals surface area (Å²) >= 11 is 11.5. The van der Waals surface area contributed by atoms with Gasteiger partial charge in [-0.1, -0.05) is 24.3 Å². The molecule has 19 nitrogen and oxygen atoms in total. The van der Waals surface area contributed by atoms with Gasteiger partial charge in [0, 0.05) is 22.5 Å². The van der Waals surface area contributed by atoms with Gasteiger partial charge in [0.05, 0.1) is 32.3 Å². The number of azo groups is 1. The molecule has 4 aromatic carbocycles. The maximum absolute atomic E-state index is 13.7. The van der Waals surface area contributed by atoms with Crippen molar-refractivity contribution in [2.24, 2.45) is 10.2 Å². The van der Waals surface area contributed by atoms with Crippen molar-refractivity contribution in [3.63, 3.8) is 0 Å². The molecule has 0 radical (unpaired) electrons. The van der Waals surface area contributed by atoms with Crippen molar-refractivity contribution in [3.05, 3.63) is 112 Å². The Bertz CT molecular complexity index is 2750. The number of carbonyl (C=O) groups is 2. The summed E-state index contributed by atoms with van der Waals surface area (Å²) in [6, 6.07) is 14.5. The first-order valence-corrected chi connectivity index (χ1v) is 19.0. The topological polar surface area (TPSA) is 303 Å². The summed E-state index contributed by atoms with van der Waals surface area (Å²) in [5, 5.41) is 12.6. The molecule has 272 valence electrons. The van der Waals surface area contributed by atoms with Gasteiger partial charge in [0.25, 0.3) is 10.1 Å². The summed E-state index contributed by atoms with van der Waals surface area (Å²) in [5.41, 5.74) is -2.64. The molecule has 1 aliphatic carbocycles. The predicted molar refractivity (Wildman–Crippen MR) is 182 cm³/mol. The van der Waals surface area contributed by atoms with E-state index < -0.39 is 73.4 Å². The normalized spacial score (nSPS) is 12.4. The second-order valence-electron chi connectivity index (χ2n) is 10.5. The molecule has 0 saturated carbocycles. The van der Waals surface area contributed by atoms with Gasteiger partial charge in [-0.25, -0.2) is 16.8 Å². The summed E-state index contributed by atoms with van der Waals surface area (Å²) in [4.78, 5) is 34.8. The third kappa shape index (κ3) is 10.3. The van der Waals surface area contributed by atoms with Gasteiger partial charge in [-0.2, -0.15) is 28.5 Å². The number of nitrogens with one attached hydrogen (secondary N) is 3. The third-order valence-corrected chi connectivity index (χ3v) is 10.6. The molecule has 0 aliphatic heterocycles. The fourth-order valence-corrected chi connectivity index (χ4v) is 8.12. The van der Waals surface area contributed by atoms with E-state index in [2.05, 4.69) is 40.1 Å². The van der Waals surface area contributed by atoms with Crippen LogP contribution in [-0.2, 0) is 34.6 Å². The van der Waals surface area contributed by atoms with E-state index in [4.69, 9.17) is 29.1 Å². The van der Waals surface area contributed by atoms with Gasteiger partial charge < -0.3 is 29.9 Å². The molecule has 3 N–H and O–H groups in total. The van der Waals surface area contributed by atoms with Crippen molar-refractivity contribution in [1.82, 2.24) is 15.0 Å². The van der Waals surface area contributed by atoms with Gasteiger partial charge in [-0.15, -0.1) is 5.11 Å². The zero-order valence-corrected chi connectivity index (χ0v) is 38.6. The van der Waals surface area contributed by atoms with Gasteiger partial charge in [0.2, 0.25) is 16.5 Å². The van der Waals surface area contributed by atoms with Crippen molar-refractivity contribution >= 4 is 99.5 Å². The Morgan fingerprint density at radius 3 is 1.73 bits per heavy atom. The molecule has 1 aliphatic rings. The standard InChI is InChI=1S/C29H17Cl2N8O11S3.3Na/c30-27-35-28(31)37-29(36-27)34-15-9-10-18(20(11-15)51(42,43)44)39-38-14-7-5-13(6-8-14)33-19-12-21(52(45,46)47)26(53(48,49)50-32)23-22(19)24(40)16-3-1-2-4-17(16)25(23)41;;;/h1-12,32-33H,(H,42,43,44)(H,45,46,47)(H,34,35,36,37);;;/q-1;3*+1/p-2. The SMILES string of the molecule is [NH-]OS(=O)(=O)c1c(S(=O)(=O)[O-])cc(Nc2ccc(N=Nc3ccc(Nc4nc(Cl)nc(Cl)n4)cc3S(=O)(=O)[O-])cc2)c2c1C(=O)c1ccccc1C2=O.[Na+].[Na+].[Na+]. The number of ketones is 2. The number of carbonyl (C=O) groups excluding carboxylic acids is 2. The number of anilines is 4. The number of nitrogens with zero attached hydrogens (tertiary/aromatic N) is 5. The molecule has 6 rings (SSSR count). The minimum atomic E-state index is -5.68. The first-order valence-electron chi connectivity index (χ1n) is 14.1. The molecule has 56 heavy (non-hydrogen) atoms. The molecule has 0 atom stereocenters. The fraction of sp³-hybridized carbons (Fsp3) is 0. The molecule has 0 amide bonds. The molecule has 0 unspecified atom stereocenters. The molecule has 1 aromatic heterocycles. The monoisotopic (exact) mass is 886 g/mol. The second kappa shape index (κ2) is 18.7. The van der Waals surface area contributed by atoms with Crippen LogP contribution in [0.5, 0.6) is 0 Å². The Morgan fingerprint density at radius 2 is 1.20 bits per heavy atom. The summed E-state index contributed by atoms with van der Waals surface area (Å²) in [6.07, 6.45) is 0. The van der Waals surface area contributed by atoms with E-state index in [0.29, 0.717) is 6.07 Å². The maximum Gasteiger partial charge on any atom is 1.00 e. The van der Waals surface area contributed by atoms with Crippen LogP contribution >= 0.6 is 23.2 Å². The quantitative estimate of drug-likeness (QED) is 0.0580. The van der Waals surface area contributed by atoms with Crippen LogP contribution in [0.3, 0.4) is 0 Å². The number of benzene rings is 4. The van der Waals surface area contributed by atoms with Crippen molar-refractivity contribution in [2.45, 2.75) is 14.7 Å². The first kappa shape index (κ1) is 48.1. The average molecular weight is 888 g/mol. The van der Waals surface area contributed by atoms with Gasteiger partial charge in [-0.05, 0) is 71.7 Å². The van der Waals surface area contributed by atoms with Crippen LogP contribution in [0.1, 0.15) is 31.8 Å². The molecule has 27 heteroatoms. The van der Waals surface area contributed by atoms with Gasteiger partial charge >= 0.3 is 88.7 Å². The number of aromatic nitrogens is 3. The Hall–Kier alpha value is -2.30. The van der Waals surface area contributed by atoms with Crippen molar-refractivity contribution in [2.75, 3.05) is 10.6 Å². The minimum absolute atomic E-state index is 0. The van der Waals surface area contributed by atoms with Gasteiger partial charge in [0.15, 0.2) is 11.6 Å². The van der Waals surface area contributed by atoms with Crippen LogP contribution in [0.4, 0.5) is 34.4 Å². The number of hydrogen-bond acceptors (Lipinski definition) is 18. The Labute approximate surface area is 393 Å². The van der Waals surface area contributed by atoms with E-state index in [9.17, 15) is 43.9 Å². The molecule has 5 aromatic rings. The van der Waals surface area contributed by atoms with Crippen LogP contribution in [0.15, 0.2) is 97.7 Å². The van der Waals surface area contributed by atoms with E-state index in [1.807, 2.05) is 0 Å². The molecule has 0 spiro atoms. The van der Waals surface area contributed by atoms with Crippen LogP contribution in [0.2, 0.25) is 10.6 Å². The van der Waals surface area contributed by atoms with Gasteiger partial charge in [0.1, 0.15) is 30.8 Å². The van der Waals surface area contributed by atoms with E-state index >= 15 is 0 Å². The first-order chi connectivity index (χ1) is 24.9. The van der Waals surface area contributed by atoms with E-state index in [1.165, 1.54) is 54.6 Å². The van der Waals surface area contributed by atoms with Gasteiger partial charge in [-0.3, -0.25) is 9.59 Å². The zero-order chi connectivity index (χ0) is 38.5. The third-order valence-electron chi connectivity index (χ3n) is 7.23. The number of fused-ring (bicyclic) bond motifs is 2. The summed E-state index contributed by atoms with van der Waals surface area (Å²) in [6.45, 7) is 0. The average Bonchev–Trinajstić information content (AvgIpc) is 3.09. The number of hydrogen-bond donors (Lipinski definition) is 2. The Morgan fingerprint density at radius 1 is 0.661 bits per heavy atom. The predicted octanol–water partition coefficient (Wildman–Crippen LogP) is -3.65. The Kier molecular flexibility index (Phi) is 16.1. The molecule has 0 saturated heterocycles. The largest absolute Gasteiger partial charge is 1.00 e. The van der Waals surface area contributed by atoms with Crippen molar-refractivity contribution in [3.8, 4) is 0 Å². The summed E-state index contributed by atoms with van der Waals surface area (Å²) in [7, 11) is -16.2. The fourth-order valence-electron chi connectivity index (χ4n) is 5.08. The molecular formula is C29H15Cl2N8Na3O11S3. The molecule has 0 fully saturated rings. The van der Waals surface area contributed by atoms with Crippen LogP contribution in [-0.4, -0.2) is 60.9 Å². The van der Waals surface area contributed by atoms with Crippen molar-refractivity contribution < 1.29 is 137 Å². The maximum atomic E-state index is 13.7. The molecular weight excluding hydrogens is 872 g/mol. The number of halogens is 2. The summed E-state index contributed by atoms with van der Waals surface area (Å²) < 4.78 is 102. The zero-order valence-electron chi connectivity index (χ0n) is 28.6. The van der Waals surface area contributed by atoms with Crippen LogP contribution < -0.4 is 99.3 Å². The van der Waals surface area contributed by atoms with Crippen molar-refractivity contribution in [1.29, 1.82) is 0 Å². The van der Waals surface area contributed by atoms with Crippen LogP contribution in [0, 0.1) is 0 Å². The van der Waals surface area contributed by atoms with E-state index in [-0.39, 0.29) is 139 Å². The van der Waals surface area contributed by atoms with E-state index in [1.54, 1.807) is 0 Å². The molecule has 1 heterocycles. The van der Waals surface area contributed by atoms with Crippen LogP contribution in [0.25, 0.3) is 5.90 Å². The summed E-state index contributed by atoms with van der Waals surface area (Å²) in [5.74, 6) is 4.81.